The molecule has 2 aromatic carbocycles. The third-order valence-electron chi connectivity index (χ3n) is 5.29. The molecule has 6 nitrogen and oxygen atoms in total. The van der Waals surface area contributed by atoms with Crippen LogP contribution in [0.25, 0.3) is 5.65 Å². The number of amides is 1. The monoisotopic (exact) mass is 397 g/mol. The van der Waals surface area contributed by atoms with E-state index in [1.54, 1.807) is 29.3 Å². The van der Waals surface area contributed by atoms with Gasteiger partial charge in [-0.25, -0.2) is 4.98 Å². The maximum atomic E-state index is 13.4. The van der Waals surface area contributed by atoms with Gasteiger partial charge >= 0.3 is 0 Å². The lowest BCUT2D eigenvalue weighted by Gasteiger charge is -2.24. The van der Waals surface area contributed by atoms with Crippen LogP contribution in [0.3, 0.4) is 0 Å². The molecule has 2 aromatic heterocycles. The van der Waals surface area contributed by atoms with Gasteiger partial charge in [-0.3, -0.25) is 14.0 Å². The highest BCUT2D eigenvalue weighted by Crippen LogP contribution is 2.31. The maximum absolute atomic E-state index is 13.4. The summed E-state index contributed by atoms with van der Waals surface area (Å²) in [4.78, 5) is 32.3. The number of pyridine rings is 1. The second-order valence-corrected chi connectivity index (χ2v) is 7.22. The van der Waals surface area contributed by atoms with E-state index in [0.29, 0.717) is 18.7 Å². The van der Waals surface area contributed by atoms with Crippen LogP contribution in [0.15, 0.2) is 90.0 Å². The molecule has 1 atom stereocenters. The zero-order valence-corrected chi connectivity index (χ0v) is 16.1. The van der Waals surface area contributed by atoms with Crippen molar-refractivity contribution in [2.45, 2.75) is 12.6 Å². The summed E-state index contributed by atoms with van der Waals surface area (Å²) in [5.74, 6) is 0.391. The van der Waals surface area contributed by atoms with Crippen LogP contribution in [0.1, 0.15) is 27.6 Å². The topological polar surface area (TPSA) is 63.9 Å². The molecule has 1 amide bonds. The zero-order chi connectivity index (χ0) is 20.5. The fourth-order valence-corrected chi connectivity index (χ4v) is 3.75. The fourth-order valence-electron chi connectivity index (χ4n) is 3.75. The van der Waals surface area contributed by atoms with E-state index in [1.807, 2.05) is 54.6 Å². The Hall–Kier alpha value is -3.93. The Balaban J connectivity index is 1.56. The highest BCUT2D eigenvalue weighted by atomic mass is 16.5. The Labute approximate surface area is 173 Å². The number of hydrogen-bond acceptors (Lipinski definition) is 4. The summed E-state index contributed by atoms with van der Waals surface area (Å²) in [5, 5.41) is 0. The largest absolute Gasteiger partial charge is 0.484 e. The number of hydrogen-bond donors (Lipinski definition) is 0. The summed E-state index contributed by atoms with van der Waals surface area (Å²) < 4.78 is 7.66. The molecule has 0 fully saturated rings. The summed E-state index contributed by atoms with van der Waals surface area (Å²) in [6.07, 6.45) is 2.65. The maximum Gasteiger partial charge on any atom is 0.270 e. The van der Waals surface area contributed by atoms with Crippen LogP contribution in [0, 0.1) is 0 Å². The lowest BCUT2D eigenvalue weighted by atomic mass is 10.1. The van der Waals surface area contributed by atoms with Crippen molar-refractivity contribution in [3.05, 3.63) is 112 Å². The van der Waals surface area contributed by atoms with Crippen molar-refractivity contribution in [2.24, 2.45) is 0 Å². The van der Waals surface area contributed by atoms with Crippen molar-refractivity contribution in [1.29, 1.82) is 0 Å². The van der Waals surface area contributed by atoms with Gasteiger partial charge in [0.15, 0.2) is 0 Å². The lowest BCUT2D eigenvalue weighted by Crippen LogP contribution is -2.37. The quantitative estimate of drug-likeness (QED) is 0.520. The van der Waals surface area contributed by atoms with Crippen LogP contribution in [0.4, 0.5) is 0 Å². The molecule has 1 aliphatic rings. The van der Waals surface area contributed by atoms with Gasteiger partial charge in [0.2, 0.25) is 0 Å². The van der Waals surface area contributed by atoms with E-state index in [4.69, 9.17) is 4.74 Å². The van der Waals surface area contributed by atoms with E-state index in [0.717, 1.165) is 16.9 Å². The molecule has 0 saturated heterocycles. The minimum absolute atomic E-state index is 0.0462. The molecule has 1 unspecified atom stereocenters. The third-order valence-corrected chi connectivity index (χ3v) is 5.29. The fraction of sp³-hybridized carbons (Fsp3) is 0.125. The van der Waals surface area contributed by atoms with Crippen LogP contribution < -0.4 is 10.3 Å². The van der Waals surface area contributed by atoms with Crippen molar-refractivity contribution in [1.82, 2.24) is 14.3 Å². The number of carbonyl (C=O) groups excluding carboxylic acids is 1. The summed E-state index contributed by atoms with van der Waals surface area (Å²) >= 11 is 0. The summed E-state index contributed by atoms with van der Waals surface area (Å²) in [7, 11) is 0. The molecule has 0 spiro atoms. The summed E-state index contributed by atoms with van der Waals surface area (Å²) in [6, 6.07) is 22.8. The number of benzene rings is 2. The zero-order valence-electron chi connectivity index (χ0n) is 16.1. The number of ether oxygens (including phenoxy) is 1. The minimum atomic E-state index is -0.375. The van der Waals surface area contributed by atoms with E-state index < -0.39 is 0 Å². The van der Waals surface area contributed by atoms with E-state index in [1.165, 1.54) is 10.6 Å². The van der Waals surface area contributed by atoms with Crippen molar-refractivity contribution < 1.29 is 9.53 Å². The Bertz CT molecular complexity index is 1280. The lowest BCUT2D eigenvalue weighted by molar-refractivity contribution is 0.0675. The molecule has 1 aliphatic heterocycles. The highest BCUT2D eigenvalue weighted by Gasteiger charge is 2.29. The minimum Gasteiger partial charge on any atom is -0.484 e. The van der Waals surface area contributed by atoms with Crippen LogP contribution in [0.2, 0.25) is 0 Å². The molecular weight excluding hydrogens is 378 g/mol. The number of para-hydroxylation sites is 1. The van der Waals surface area contributed by atoms with Gasteiger partial charge in [-0.2, -0.15) is 0 Å². The molecule has 5 rings (SSSR count). The highest BCUT2D eigenvalue weighted by molar-refractivity contribution is 5.94. The average molecular weight is 397 g/mol. The number of fused-ring (bicyclic) bond motifs is 2. The second kappa shape index (κ2) is 7.48. The molecule has 4 aromatic rings. The second-order valence-electron chi connectivity index (χ2n) is 7.22. The van der Waals surface area contributed by atoms with Gasteiger partial charge in [-0.05, 0) is 23.8 Å². The predicted octanol–water partition coefficient (Wildman–Crippen LogP) is 3.47. The van der Waals surface area contributed by atoms with Crippen molar-refractivity contribution in [3.8, 4) is 5.75 Å². The van der Waals surface area contributed by atoms with E-state index in [2.05, 4.69) is 4.98 Å². The Morgan fingerprint density at radius 3 is 2.60 bits per heavy atom. The number of carbonyl (C=O) groups is 1. The van der Waals surface area contributed by atoms with Crippen LogP contribution in [-0.2, 0) is 6.54 Å². The third kappa shape index (κ3) is 3.22. The van der Waals surface area contributed by atoms with Gasteiger partial charge in [0.25, 0.3) is 11.5 Å². The molecular formula is C24H19N3O3. The molecule has 148 valence electrons. The van der Waals surface area contributed by atoms with Gasteiger partial charge in [0.1, 0.15) is 23.1 Å². The smallest absolute Gasteiger partial charge is 0.270 e. The Morgan fingerprint density at radius 1 is 0.967 bits per heavy atom. The normalized spacial score (nSPS) is 15.9. The average Bonchev–Trinajstić information content (AvgIpc) is 2.99. The SMILES string of the molecule is O=C(c1cnc2ccccn2c1=O)N1Cc2ccccc2OC(c2ccccc2)C1. The number of nitrogens with zero attached hydrogens (tertiary/aromatic N) is 3. The van der Waals surface area contributed by atoms with Crippen LogP contribution in [0.5, 0.6) is 5.75 Å². The van der Waals surface area contributed by atoms with E-state index in [9.17, 15) is 9.59 Å². The summed E-state index contributed by atoms with van der Waals surface area (Å²) in [5.41, 5.74) is 2.05. The molecule has 30 heavy (non-hydrogen) atoms. The molecule has 0 radical (unpaired) electrons. The molecule has 0 aliphatic carbocycles. The standard InChI is InChI=1S/C24H19N3O3/c28-23(19-14-25-22-12-6-7-13-27(22)24(19)29)26-15-18-10-4-5-11-20(18)30-21(16-26)17-8-2-1-3-9-17/h1-14,21H,15-16H2. The predicted molar refractivity (Wildman–Crippen MR) is 112 cm³/mol. The first kappa shape index (κ1) is 18.1. The first-order valence-corrected chi connectivity index (χ1v) is 9.76. The van der Waals surface area contributed by atoms with Crippen molar-refractivity contribution in [2.75, 3.05) is 6.54 Å². The molecule has 0 saturated carbocycles. The summed E-state index contributed by atoms with van der Waals surface area (Å²) in [6.45, 7) is 0.684. The van der Waals surface area contributed by atoms with Crippen molar-refractivity contribution >= 4 is 11.6 Å². The van der Waals surface area contributed by atoms with Gasteiger partial charge in [-0.15, -0.1) is 0 Å². The first-order valence-electron chi connectivity index (χ1n) is 9.76. The van der Waals surface area contributed by atoms with Crippen LogP contribution in [-0.4, -0.2) is 26.7 Å². The first-order chi connectivity index (χ1) is 14.7. The number of aromatic nitrogens is 2. The molecule has 3 heterocycles. The molecule has 6 heteroatoms. The van der Waals surface area contributed by atoms with E-state index in [-0.39, 0.29) is 23.1 Å². The number of rotatable bonds is 2. The van der Waals surface area contributed by atoms with Gasteiger partial charge < -0.3 is 9.64 Å². The Morgan fingerprint density at radius 2 is 1.73 bits per heavy atom. The van der Waals surface area contributed by atoms with Gasteiger partial charge in [-0.1, -0.05) is 54.6 Å². The molecule has 0 bridgehead atoms. The Kier molecular flexibility index (Phi) is 4.52. The van der Waals surface area contributed by atoms with Gasteiger partial charge in [0, 0.05) is 24.5 Å². The molecule has 0 N–H and O–H groups in total. The van der Waals surface area contributed by atoms with Crippen molar-refractivity contribution in [3.63, 3.8) is 0 Å². The van der Waals surface area contributed by atoms with Crippen LogP contribution >= 0.6 is 0 Å². The van der Waals surface area contributed by atoms with E-state index >= 15 is 0 Å². The van der Waals surface area contributed by atoms with Gasteiger partial charge in [0.05, 0.1) is 6.54 Å².